The molecule has 1 aliphatic rings. The van der Waals surface area contributed by atoms with E-state index in [0.29, 0.717) is 14.3 Å². The van der Waals surface area contributed by atoms with E-state index < -0.39 is 0 Å². The van der Waals surface area contributed by atoms with E-state index in [0.717, 1.165) is 6.61 Å². The molecular formula is C5H12OSi2. The summed E-state index contributed by atoms with van der Waals surface area (Å²) in [5.74, 6) is 0. The lowest BCUT2D eigenvalue weighted by molar-refractivity contribution is 0.0670. The highest BCUT2D eigenvalue weighted by molar-refractivity contribution is 6.62. The van der Waals surface area contributed by atoms with Crippen molar-refractivity contribution in [3.8, 4) is 0 Å². The molecule has 0 bridgehead atoms. The van der Waals surface area contributed by atoms with Crippen LogP contribution < -0.4 is 0 Å². The normalized spacial score (nSPS) is 29.8. The van der Waals surface area contributed by atoms with Gasteiger partial charge in [0.15, 0.2) is 0 Å². The third kappa shape index (κ3) is 1.72. The van der Waals surface area contributed by atoms with Crippen molar-refractivity contribution in [3.63, 3.8) is 0 Å². The first-order valence-electron chi connectivity index (χ1n) is 3.17. The molecule has 1 nitrogen and oxygen atoms in total. The van der Waals surface area contributed by atoms with Crippen molar-refractivity contribution >= 4 is 17.9 Å². The first-order valence-corrected chi connectivity index (χ1v) is 7.11. The van der Waals surface area contributed by atoms with Gasteiger partial charge in [-0.05, 0) is 28.6 Å². The molecule has 0 N–H and O–H groups in total. The second-order valence-corrected chi connectivity index (χ2v) is 4.77. The van der Waals surface area contributed by atoms with Crippen molar-refractivity contribution in [2.75, 3.05) is 6.61 Å². The van der Waals surface area contributed by atoms with Gasteiger partial charge in [0.2, 0.25) is 0 Å². The molecule has 1 heterocycles. The minimum Gasteiger partial charge on any atom is -0.379 e. The van der Waals surface area contributed by atoms with E-state index >= 15 is 0 Å². The van der Waals surface area contributed by atoms with E-state index in [1.807, 2.05) is 0 Å². The van der Waals surface area contributed by atoms with E-state index in [1.165, 1.54) is 19.3 Å². The zero-order chi connectivity index (χ0) is 5.82. The van der Waals surface area contributed by atoms with Gasteiger partial charge in [0.05, 0.1) is 5.73 Å². The molecule has 1 atom stereocenters. The summed E-state index contributed by atoms with van der Waals surface area (Å²) in [6.45, 7) is 1.02. The third-order valence-corrected chi connectivity index (χ3v) is 4.11. The predicted octanol–water partition coefficient (Wildman–Crippen LogP) is -0.502. The summed E-state index contributed by atoms with van der Waals surface area (Å²) in [7, 11) is 2.69. The molecule has 0 saturated carbocycles. The van der Waals surface area contributed by atoms with E-state index in [2.05, 4.69) is 9.34 Å². The molecule has 1 rings (SSSR count). The Morgan fingerprint density at radius 3 is 2.75 bits per heavy atom. The monoisotopic (exact) mass is 144 g/mol. The molecule has 1 unspecified atom stereocenters. The molecule has 0 aromatic heterocycles. The standard InChI is InChI=1S/C5H12OSi2/c7-8-5-3-1-2-4-6-5/h5,8H,1-4,7H2. The van der Waals surface area contributed by atoms with Gasteiger partial charge in [-0.2, -0.15) is 0 Å². The topological polar surface area (TPSA) is 9.23 Å². The lowest BCUT2D eigenvalue weighted by atomic mass is 10.2. The zero-order valence-corrected chi connectivity index (χ0v) is 7.67. The SMILES string of the molecule is [SiH2]=[SiH]C1CCCCO1. The van der Waals surface area contributed by atoms with Crippen LogP contribution in [0, 0.1) is 0 Å². The molecule has 0 aromatic carbocycles. The van der Waals surface area contributed by atoms with Gasteiger partial charge < -0.3 is 4.74 Å². The molecule has 0 radical (unpaired) electrons. The molecule has 0 aromatic rings. The third-order valence-electron chi connectivity index (χ3n) is 1.48. The average Bonchev–Trinajstić information content (AvgIpc) is 1.90. The van der Waals surface area contributed by atoms with Crippen molar-refractivity contribution in [3.05, 3.63) is 0 Å². The van der Waals surface area contributed by atoms with Gasteiger partial charge in [0.1, 0.15) is 0 Å². The van der Waals surface area contributed by atoms with Gasteiger partial charge in [0, 0.05) is 15.2 Å². The lowest BCUT2D eigenvalue weighted by Crippen LogP contribution is -2.21. The molecule has 3 heteroatoms. The van der Waals surface area contributed by atoms with Gasteiger partial charge in [0.25, 0.3) is 0 Å². The first-order chi connectivity index (χ1) is 3.93. The Bertz CT molecular complexity index is 78.5. The fourth-order valence-electron chi connectivity index (χ4n) is 0.952. The van der Waals surface area contributed by atoms with Crippen LogP contribution in [-0.2, 0) is 4.74 Å². The van der Waals surface area contributed by atoms with Crippen LogP contribution in [0.25, 0.3) is 0 Å². The van der Waals surface area contributed by atoms with Crippen LogP contribution in [0.4, 0.5) is 0 Å². The minimum absolute atomic E-state index is 0.593. The van der Waals surface area contributed by atoms with Crippen molar-refractivity contribution in [1.29, 1.82) is 0 Å². The van der Waals surface area contributed by atoms with Crippen molar-refractivity contribution < 1.29 is 4.74 Å². The van der Waals surface area contributed by atoms with Crippen LogP contribution >= 0.6 is 0 Å². The Balaban J connectivity index is 2.22. The second-order valence-electron chi connectivity index (χ2n) is 2.14. The fourth-order valence-corrected chi connectivity index (χ4v) is 2.81. The summed E-state index contributed by atoms with van der Waals surface area (Å²) in [5.41, 5.74) is 0.682. The summed E-state index contributed by atoms with van der Waals surface area (Å²) in [5, 5.41) is 0. The summed E-state index contributed by atoms with van der Waals surface area (Å²) in [6, 6.07) is 0. The number of ether oxygens (including phenoxy) is 1. The smallest absolute Gasteiger partial charge is 0.0548 e. The molecule has 8 heavy (non-hydrogen) atoms. The highest BCUT2D eigenvalue weighted by atomic mass is 28.8. The largest absolute Gasteiger partial charge is 0.379 e. The van der Waals surface area contributed by atoms with Gasteiger partial charge in [-0.1, -0.05) is 0 Å². The molecule has 0 aliphatic carbocycles. The first kappa shape index (κ1) is 6.51. The maximum atomic E-state index is 5.47. The van der Waals surface area contributed by atoms with Crippen LogP contribution in [0.2, 0.25) is 0 Å². The van der Waals surface area contributed by atoms with E-state index in [-0.39, 0.29) is 0 Å². The highest BCUT2D eigenvalue weighted by Crippen LogP contribution is 2.09. The summed E-state index contributed by atoms with van der Waals surface area (Å²) >= 11 is 0. The molecule has 1 aliphatic heterocycles. The van der Waals surface area contributed by atoms with Crippen LogP contribution in [0.15, 0.2) is 0 Å². The minimum atomic E-state index is 0.593. The van der Waals surface area contributed by atoms with Crippen LogP contribution in [0.5, 0.6) is 0 Å². The molecule has 0 spiro atoms. The fraction of sp³-hybridized carbons (Fsp3) is 1.00. The summed E-state index contributed by atoms with van der Waals surface area (Å²) in [4.78, 5) is 0. The highest BCUT2D eigenvalue weighted by Gasteiger charge is 2.07. The maximum absolute atomic E-state index is 5.47. The Labute approximate surface area is 55.0 Å². The molecule has 46 valence electrons. The van der Waals surface area contributed by atoms with Gasteiger partial charge in [-0.3, -0.25) is 0 Å². The van der Waals surface area contributed by atoms with Gasteiger partial charge >= 0.3 is 0 Å². The number of hydrogen-bond acceptors (Lipinski definition) is 1. The second kappa shape index (κ2) is 3.43. The number of hydrogen-bond donors (Lipinski definition) is 0. The molecule has 1 fully saturated rings. The Morgan fingerprint density at radius 1 is 1.50 bits per heavy atom. The Morgan fingerprint density at radius 2 is 2.38 bits per heavy atom. The Hall–Kier alpha value is 0.394. The van der Waals surface area contributed by atoms with Gasteiger partial charge in [-0.15, -0.1) is 0 Å². The van der Waals surface area contributed by atoms with Crippen molar-refractivity contribution in [2.45, 2.75) is 25.0 Å². The maximum Gasteiger partial charge on any atom is 0.0548 e. The lowest BCUT2D eigenvalue weighted by Gasteiger charge is -2.18. The number of rotatable bonds is 1. The van der Waals surface area contributed by atoms with Crippen LogP contribution in [0.3, 0.4) is 0 Å². The molecular weight excluding hydrogens is 132 g/mol. The zero-order valence-electron chi connectivity index (χ0n) is 5.10. The van der Waals surface area contributed by atoms with Crippen molar-refractivity contribution in [1.82, 2.24) is 0 Å². The van der Waals surface area contributed by atoms with Gasteiger partial charge in [-0.25, -0.2) is 0 Å². The van der Waals surface area contributed by atoms with E-state index in [9.17, 15) is 0 Å². The average molecular weight is 144 g/mol. The van der Waals surface area contributed by atoms with E-state index in [1.54, 1.807) is 0 Å². The van der Waals surface area contributed by atoms with Crippen LogP contribution in [-0.4, -0.2) is 30.3 Å². The molecule has 1 saturated heterocycles. The Kier molecular flexibility index (Phi) is 2.79. The van der Waals surface area contributed by atoms with Crippen molar-refractivity contribution in [2.24, 2.45) is 0 Å². The quantitative estimate of drug-likeness (QED) is 0.451. The predicted molar refractivity (Wildman–Crippen MR) is 39.3 cm³/mol. The van der Waals surface area contributed by atoms with Crippen LogP contribution in [0.1, 0.15) is 19.3 Å². The van der Waals surface area contributed by atoms with E-state index in [4.69, 9.17) is 4.74 Å². The summed E-state index contributed by atoms with van der Waals surface area (Å²) < 4.78 is 5.47. The molecule has 0 amide bonds. The summed E-state index contributed by atoms with van der Waals surface area (Å²) in [6.07, 6.45) is 4.02.